The van der Waals surface area contributed by atoms with E-state index >= 15 is 0 Å². The van der Waals surface area contributed by atoms with Crippen LogP contribution in [0.4, 0.5) is 0 Å². The first-order chi connectivity index (χ1) is 3.91. The van der Waals surface area contributed by atoms with Crippen molar-refractivity contribution in [3.05, 3.63) is 0 Å². The molecule has 0 radical (unpaired) electrons. The van der Waals surface area contributed by atoms with Crippen LogP contribution in [0, 0.1) is 24.4 Å². The van der Waals surface area contributed by atoms with Gasteiger partial charge in [-0.3, -0.25) is 4.89 Å². The molecule has 0 atom stereocenters. The normalized spacial score (nSPS) is 6.00. The van der Waals surface area contributed by atoms with E-state index in [1.807, 2.05) is 0 Å². The molecule has 0 bridgehead atoms. The van der Waals surface area contributed by atoms with E-state index in [9.17, 15) is 0 Å². The first kappa shape index (κ1) is 6.88. The standard InChI is InChI=1S/C6H6O2/c1-3-5-6-8-7-4-2/h1H,4H2,2H3. The molecule has 0 aliphatic rings. The van der Waals surface area contributed by atoms with Gasteiger partial charge in [0.25, 0.3) is 0 Å². The first-order valence-corrected chi connectivity index (χ1v) is 2.16. The molecule has 0 spiro atoms. The molecule has 0 aromatic heterocycles. The van der Waals surface area contributed by atoms with Gasteiger partial charge in [-0.1, -0.05) is 0 Å². The summed E-state index contributed by atoms with van der Waals surface area (Å²) in [5.41, 5.74) is 0. The fourth-order valence-electron chi connectivity index (χ4n) is 0.139. The van der Waals surface area contributed by atoms with Crippen LogP contribution in [-0.2, 0) is 9.78 Å². The van der Waals surface area contributed by atoms with E-state index in [-0.39, 0.29) is 0 Å². The molecule has 0 rings (SSSR count). The third kappa shape index (κ3) is 4.88. The highest BCUT2D eigenvalue weighted by Gasteiger charge is 1.69. The quantitative estimate of drug-likeness (QED) is 0.224. The minimum atomic E-state index is 0.471. The van der Waals surface area contributed by atoms with Crippen molar-refractivity contribution in [2.75, 3.05) is 6.61 Å². The van der Waals surface area contributed by atoms with E-state index in [2.05, 4.69) is 27.7 Å². The van der Waals surface area contributed by atoms with Gasteiger partial charge >= 0.3 is 0 Å². The molecule has 0 aliphatic carbocycles. The summed E-state index contributed by atoms with van der Waals surface area (Å²) in [6.45, 7) is 2.26. The Morgan fingerprint density at radius 2 is 2.38 bits per heavy atom. The molecule has 0 aromatic rings. The van der Waals surface area contributed by atoms with Crippen molar-refractivity contribution < 1.29 is 9.78 Å². The largest absolute Gasteiger partial charge is 0.281 e. The second-order valence-electron chi connectivity index (χ2n) is 0.861. The van der Waals surface area contributed by atoms with E-state index in [1.165, 1.54) is 0 Å². The topological polar surface area (TPSA) is 18.5 Å². The lowest BCUT2D eigenvalue weighted by atomic mass is 10.7. The summed E-state index contributed by atoms with van der Waals surface area (Å²) in [6, 6.07) is 0. The molecular formula is C6H6O2. The molecule has 0 aliphatic heterocycles. The first-order valence-electron chi connectivity index (χ1n) is 2.16. The number of hydrogen-bond acceptors (Lipinski definition) is 2. The van der Waals surface area contributed by atoms with Crippen molar-refractivity contribution in [1.29, 1.82) is 0 Å². The Labute approximate surface area is 48.7 Å². The predicted octanol–water partition coefficient (Wildman–Crippen LogP) is 0.549. The second kappa shape index (κ2) is 5.88. The van der Waals surface area contributed by atoms with Gasteiger partial charge in [-0.25, -0.2) is 0 Å². The van der Waals surface area contributed by atoms with Gasteiger partial charge in [0.15, 0.2) is 6.11 Å². The van der Waals surface area contributed by atoms with E-state index in [0.717, 1.165) is 0 Å². The summed E-state index contributed by atoms with van der Waals surface area (Å²) in [6.07, 6.45) is 6.88. The highest BCUT2D eigenvalue weighted by molar-refractivity contribution is 5.18. The van der Waals surface area contributed by atoms with E-state index in [4.69, 9.17) is 6.42 Å². The summed E-state index contributed by atoms with van der Waals surface area (Å²) in [5.74, 6) is 4.27. The van der Waals surface area contributed by atoms with Crippen LogP contribution in [-0.4, -0.2) is 6.61 Å². The Morgan fingerprint density at radius 3 is 2.88 bits per heavy atom. The van der Waals surface area contributed by atoms with Crippen molar-refractivity contribution in [2.24, 2.45) is 0 Å². The van der Waals surface area contributed by atoms with Gasteiger partial charge in [-0.2, -0.15) is 4.89 Å². The molecular weight excluding hydrogens is 104 g/mol. The Morgan fingerprint density at radius 1 is 1.62 bits per heavy atom. The number of hydrogen-bond donors (Lipinski definition) is 0. The van der Waals surface area contributed by atoms with Crippen molar-refractivity contribution in [2.45, 2.75) is 6.92 Å². The molecule has 2 nitrogen and oxygen atoms in total. The van der Waals surface area contributed by atoms with E-state index < -0.39 is 0 Å². The highest BCUT2D eigenvalue weighted by atomic mass is 17.2. The number of rotatable bonds is 2. The zero-order valence-corrected chi connectivity index (χ0v) is 4.60. The Kier molecular flexibility index (Phi) is 5.06. The predicted molar refractivity (Wildman–Crippen MR) is 29.3 cm³/mol. The lowest BCUT2D eigenvalue weighted by Crippen LogP contribution is -1.84. The Balaban J connectivity index is 3.06. The van der Waals surface area contributed by atoms with Crippen molar-refractivity contribution in [1.82, 2.24) is 0 Å². The maximum absolute atomic E-state index is 4.75. The van der Waals surface area contributed by atoms with Gasteiger partial charge in [0, 0.05) is 5.92 Å². The molecule has 0 saturated heterocycles. The highest BCUT2D eigenvalue weighted by Crippen LogP contribution is 1.70. The Hall–Kier alpha value is -1.12. The van der Waals surface area contributed by atoms with Crippen molar-refractivity contribution in [3.8, 4) is 24.4 Å². The molecule has 8 heavy (non-hydrogen) atoms. The van der Waals surface area contributed by atoms with Crippen LogP contribution in [0.1, 0.15) is 6.92 Å². The van der Waals surface area contributed by atoms with Crippen LogP contribution < -0.4 is 0 Å². The smallest absolute Gasteiger partial charge is 0.171 e. The van der Waals surface area contributed by atoms with Gasteiger partial charge in [-0.05, 0) is 12.8 Å². The molecule has 0 saturated carbocycles. The van der Waals surface area contributed by atoms with Crippen molar-refractivity contribution >= 4 is 0 Å². The average molecular weight is 110 g/mol. The molecule has 0 amide bonds. The van der Waals surface area contributed by atoms with Crippen molar-refractivity contribution in [3.63, 3.8) is 0 Å². The van der Waals surface area contributed by atoms with Crippen LogP contribution in [0.25, 0.3) is 0 Å². The summed E-state index contributed by atoms with van der Waals surface area (Å²) >= 11 is 0. The minimum absolute atomic E-state index is 0.471. The summed E-state index contributed by atoms with van der Waals surface area (Å²) in [4.78, 5) is 8.59. The Bertz CT molecular complexity index is 133. The van der Waals surface area contributed by atoms with Crippen LogP contribution >= 0.6 is 0 Å². The molecule has 42 valence electrons. The van der Waals surface area contributed by atoms with Crippen LogP contribution in [0.15, 0.2) is 0 Å². The second-order valence-corrected chi connectivity index (χ2v) is 0.861. The SMILES string of the molecule is C#CC#COOCC. The third-order valence-electron chi connectivity index (χ3n) is 0.342. The summed E-state index contributed by atoms with van der Waals surface area (Å²) < 4.78 is 0. The minimum Gasteiger partial charge on any atom is -0.281 e. The van der Waals surface area contributed by atoms with Crippen LogP contribution in [0.2, 0.25) is 0 Å². The fraction of sp³-hybridized carbons (Fsp3) is 0.333. The zero-order chi connectivity index (χ0) is 6.24. The summed E-state index contributed by atoms with van der Waals surface area (Å²) in [7, 11) is 0. The van der Waals surface area contributed by atoms with Gasteiger partial charge in [0.2, 0.25) is 0 Å². The maximum Gasteiger partial charge on any atom is 0.171 e. The molecule has 0 unspecified atom stereocenters. The van der Waals surface area contributed by atoms with Gasteiger partial charge in [-0.15, -0.1) is 6.42 Å². The van der Waals surface area contributed by atoms with Gasteiger partial charge in [0.05, 0.1) is 6.61 Å². The van der Waals surface area contributed by atoms with Crippen LogP contribution in [0.5, 0.6) is 0 Å². The lowest BCUT2D eigenvalue weighted by molar-refractivity contribution is -0.232. The molecule has 0 N–H and O–H groups in total. The fourth-order valence-corrected chi connectivity index (χ4v) is 0.139. The maximum atomic E-state index is 4.75. The van der Waals surface area contributed by atoms with Gasteiger partial charge in [0.1, 0.15) is 0 Å². The van der Waals surface area contributed by atoms with E-state index in [1.54, 1.807) is 6.92 Å². The molecule has 0 fully saturated rings. The zero-order valence-electron chi connectivity index (χ0n) is 4.60. The van der Waals surface area contributed by atoms with Gasteiger partial charge < -0.3 is 0 Å². The molecule has 2 heteroatoms. The molecule has 0 aromatic carbocycles. The van der Waals surface area contributed by atoms with Crippen LogP contribution in [0.3, 0.4) is 0 Å². The third-order valence-corrected chi connectivity index (χ3v) is 0.342. The summed E-state index contributed by atoms with van der Waals surface area (Å²) in [5, 5.41) is 0. The van der Waals surface area contributed by atoms with E-state index in [0.29, 0.717) is 6.61 Å². The lowest BCUT2D eigenvalue weighted by Gasteiger charge is -1.86. The number of terminal acetylenes is 1. The average Bonchev–Trinajstić information content (AvgIpc) is 1.81. The monoisotopic (exact) mass is 110 g/mol. The molecule has 0 heterocycles.